The molecule has 0 bridgehead atoms. The van der Waals surface area contributed by atoms with E-state index in [1.807, 2.05) is 31.2 Å². The lowest BCUT2D eigenvalue weighted by atomic mass is 9.88. The zero-order valence-electron chi connectivity index (χ0n) is 18.2. The van der Waals surface area contributed by atoms with E-state index in [4.69, 9.17) is 4.74 Å². The normalized spacial score (nSPS) is 19.6. The SMILES string of the molecule is Cc1ccc(OC[C@H]2C[C@@H](C(=O)NCC(C)C)CN(Cc3ccc(O)cc3)C2)cn1. The van der Waals surface area contributed by atoms with E-state index in [9.17, 15) is 9.90 Å². The van der Waals surface area contributed by atoms with E-state index in [2.05, 4.69) is 29.0 Å². The first-order valence-corrected chi connectivity index (χ1v) is 10.7. The second-order valence-corrected chi connectivity index (χ2v) is 8.74. The molecule has 2 atom stereocenters. The minimum atomic E-state index is -0.0562. The smallest absolute Gasteiger partial charge is 0.224 e. The molecule has 162 valence electrons. The fraction of sp³-hybridized carbons (Fsp3) is 0.500. The minimum Gasteiger partial charge on any atom is -0.508 e. The van der Waals surface area contributed by atoms with Gasteiger partial charge in [0.2, 0.25) is 5.91 Å². The first-order valence-electron chi connectivity index (χ1n) is 10.7. The summed E-state index contributed by atoms with van der Waals surface area (Å²) in [5, 5.41) is 12.6. The summed E-state index contributed by atoms with van der Waals surface area (Å²) in [6.45, 7) is 9.76. The van der Waals surface area contributed by atoms with Crippen LogP contribution in [0.1, 0.15) is 31.5 Å². The molecule has 0 spiro atoms. The Morgan fingerprint density at radius 2 is 2.00 bits per heavy atom. The zero-order chi connectivity index (χ0) is 21.5. The number of rotatable bonds is 8. The molecule has 1 saturated heterocycles. The van der Waals surface area contributed by atoms with E-state index in [1.165, 1.54) is 0 Å². The quantitative estimate of drug-likeness (QED) is 0.697. The van der Waals surface area contributed by atoms with E-state index in [0.717, 1.165) is 43.1 Å². The minimum absolute atomic E-state index is 0.0562. The molecule has 2 heterocycles. The number of pyridine rings is 1. The highest BCUT2D eigenvalue weighted by Gasteiger charge is 2.32. The van der Waals surface area contributed by atoms with Crippen molar-refractivity contribution < 1.29 is 14.6 Å². The maximum Gasteiger partial charge on any atom is 0.224 e. The average Bonchev–Trinajstić information content (AvgIpc) is 2.73. The number of amides is 1. The highest BCUT2D eigenvalue weighted by Crippen LogP contribution is 2.25. The van der Waals surface area contributed by atoms with Crippen LogP contribution in [0.25, 0.3) is 0 Å². The highest BCUT2D eigenvalue weighted by atomic mass is 16.5. The van der Waals surface area contributed by atoms with Crippen molar-refractivity contribution in [1.29, 1.82) is 0 Å². The van der Waals surface area contributed by atoms with Crippen LogP contribution in [-0.4, -0.2) is 47.1 Å². The monoisotopic (exact) mass is 411 g/mol. The molecule has 6 nitrogen and oxygen atoms in total. The van der Waals surface area contributed by atoms with Crippen molar-refractivity contribution in [3.05, 3.63) is 53.9 Å². The van der Waals surface area contributed by atoms with Crippen LogP contribution in [0, 0.1) is 24.7 Å². The van der Waals surface area contributed by atoms with Gasteiger partial charge in [0.05, 0.1) is 18.7 Å². The molecule has 0 saturated carbocycles. The number of phenols is 1. The lowest BCUT2D eigenvalue weighted by Crippen LogP contribution is -2.47. The molecule has 3 rings (SSSR count). The second-order valence-electron chi connectivity index (χ2n) is 8.74. The molecule has 0 unspecified atom stereocenters. The Bertz CT molecular complexity index is 805. The molecule has 2 aromatic rings. The van der Waals surface area contributed by atoms with Gasteiger partial charge < -0.3 is 15.2 Å². The van der Waals surface area contributed by atoms with Crippen molar-refractivity contribution >= 4 is 5.91 Å². The number of ether oxygens (including phenoxy) is 1. The van der Waals surface area contributed by atoms with Gasteiger partial charge in [-0.15, -0.1) is 0 Å². The van der Waals surface area contributed by atoms with Crippen molar-refractivity contribution in [2.75, 3.05) is 26.2 Å². The van der Waals surface area contributed by atoms with E-state index in [1.54, 1.807) is 18.3 Å². The van der Waals surface area contributed by atoms with Gasteiger partial charge >= 0.3 is 0 Å². The number of aryl methyl sites for hydroxylation is 1. The van der Waals surface area contributed by atoms with Gasteiger partial charge in [0.1, 0.15) is 11.5 Å². The van der Waals surface area contributed by atoms with Crippen molar-refractivity contribution in [2.45, 2.75) is 33.7 Å². The van der Waals surface area contributed by atoms with E-state index in [-0.39, 0.29) is 23.5 Å². The number of piperidine rings is 1. The van der Waals surface area contributed by atoms with E-state index < -0.39 is 0 Å². The van der Waals surface area contributed by atoms with Crippen LogP contribution >= 0.6 is 0 Å². The number of nitrogens with zero attached hydrogens (tertiary/aromatic N) is 2. The summed E-state index contributed by atoms with van der Waals surface area (Å²) in [6, 6.07) is 11.2. The van der Waals surface area contributed by atoms with Gasteiger partial charge in [0, 0.05) is 37.8 Å². The van der Waals surface area contributed by atoms with Crippen LogP contribution in [0.2, 0.25) is 0 Å². The van der Waals surface area contributed by atoms with Crippen molar-refractivity contribution in [3.63, 3.8) is 0 Å². The molecule has 1 fully saturated rings. The summed E-state index contributed by atoms with van der Waals surface area (Å²) in [6.07, 6.45) is 2.56. The molecule has 1 aromatic carbocycles. The lowest BCUT2D eigenvalue weighted by Gasteiger charge is -2.37. The van der Waals surface area contributed by atoms with Gasteiger partial charge in [0.15, 0.2) is 0 Å². The summed E-state index contributed by atoms with van der Waals surface area (Å²) < 4.78 is 5.99. The topological polar surface area (TPSA) is 74.7 Å². The van der Waals surface area contributed by atoms with Gasteiger partial charge in [-0.1, -0.05) is 26.0 Å². The Morgan fingerprint density at radius 1 is 1.23 bits per heavy atom. The number of carbonyl (C=O) groups is 1. The van der Waals surface area contributed by atoms with Crippen LogP contribution in [0.5, 0.6) is 11.5 Å². The van der Waals surface area contributed by atoms with Crippen LogP contribution in [0.15, 0.2) is 42.6 Å². The van der Waals surface area contributed by atoms with Crippen molar-refractivity contribution in [2.24, 2.45) is 17.8 Å². The lowest BCUT2D eigenvalue weighted by molar-refractivity contribution is -0.128. The summed E-state index contributed by atoms with van der Waals surface area (Å²) >= 11 is 0. The third-order valence-electron chi connectivity index (χ3n) is 5.38. The number of hydrogen-bond donors (Lipinski definition) is 2. The highest BCUT2D eigenvalue weighted by molar-refractivity contribution is 5.79. The molecule has 0 aliphatic carbocycles. The zero-order valence-corrected chi connectivity index (χ0v) is 18.2. The Kier molecular flexibility index (Phi) is 7.69. The van der Waals surface area contributed by atoms with E-state index >= 15 is 0 Å². The molecule has 2 N–H and O–H groups in total. The maximum atomic E-state index is 12.8. The predicted octanol–water partition coefficient (Wildman–Crippen LogP) is 3.38. The standard InChI is InChI=1S/C24H33N3O3/c1-17(2)11-26-24(29)21-10-20(16-30-23-9-4-18(3)25-12-23)14-27(15-21)13-19-5-7-22(28)8-6-19/h4-9,12,17,20-21,28H,10-11,13-16H2,1-3H3,(H,26,29)/t20-,21+/m0/s1. The fourth-order valence-electron chi connectivity index (χ4n) is 3.80. The summed E-state index contributed by atoms with van der Waals surface area (Å²) in [5.74, 6) is 1.78. The average molecular weight is 412 g/mol. The van der Waals surface area contributed by atoms with Gasteiger partial charge in [-0.2, -0.15) is 0 Å². The Balaban J connectivity index is 1.64. The number of hydrogen-bond acceptors (Lipinski definition) is 5. The van der Waals surface area contributed by atoms with Crippen molar-refractivity contribution in [1.82, 2.24) is 15.2 Å². The number of carbonyl (C=O) groups excluding carboxylic acids is 1. The summed E-state index contributed by atoms with van der Waals surface area (Å²) in [7, 11) is 0. The molecular formula is C24H33N3O3. The molecule has 6 heteroatoms. The number of nitrogens with one attached hydrogen (secondary N) is 1. The molecular weight excluding hydrogens is 378 g/mol. The largest absolute Gasteiger partial charge is 0.508 e. The van der Waals surface area contributed by atoms with E-state index in [0.29, 0.717) is 19.1 Å². The third-order valence-corrected chi connectivity index (χ3v) is 5.38. The number of benzene rings is 1. The summed E-state index contributed by atoms with van der Waals surface area (Å²) in [4.78, 5) is 19.4. The third kappa shape index (κ3) is 6.73. The number of aromatic nitrogens is 1. The maximum absolute atomic E-state index is 12.8. The molecule has 1 amide bonds. The number of phenolic OH excluding ortho intramolecular Hbond substituents is 1. The molecule has 1 aliphatic rings. The second kappa shape index (κ2) is 10.4. The number of likely N-dealkylation sites (tertiary alicyclic amines) is 1. The van der Waals surface area contributed by atoms with Crippen LogP contribution in [0.4, 0.5) is 0 Å². The van der Waals surface area contributed by atoms with Gasteiger partial charge in [-0.25, -0.2) is 0 Å². The molecule has 30 heavy (non-hydrogen) atoms. The van der Waals surface area contributed by atoms with Gasteiger partial charge in [-0.3, -0.25) is 14.7 Å². The molecule has 1 aromatic heterocycles. The molecule has 0 radical (unpaired) electrons. The molecule has 1 aliphatic heterocycles. The first kappa shape index (κ1) is 22.1. The van der Waals surface area contributed by atoms with Crippen LogP contribution in [-0.2, 0) is 11.3 Å². The van der Waals surface area contributed by atoms with Crippen LogP contribution < -0.4 is 10.1 Å². The van der Waals surface area contributed by atoms with Crippen molar-refractivity contribution in [3.8, 4) is 11.5 Å². The summed E-state index contributed by atoms with van der Waals surface area (Å²) in [5.41, 5.74) is 2.08. The predicted molar refractivity (Wildman–Crippen MR) is 117 cm³/mol. The first-order chi connectivity index (χ1) is 14.4. The number of aromatic hydroxyl groups is 1. The Hall–Kier alpha value is -2.60. The fourth-order valence-corrected chi connectivity index (χ4v) is 3.80. The van der Waals surface area contributed by atoms with Gasteiger partial charge in [-0.05, 0) is 49.1 Å². The Labute approximate surface area is 179 Å². The Morgan fingerprint density at radius 3 is 2.67 bits per heavy atom. The van der Waals surface area contributed by atoms with Crippen LogP contribution in [0.3, 0.4) is 0 Å². The van der Waals surface area contributed by atoms with Gasteiger partial charge in [0.25, 0.3) is 0 Å².